The lowest BCUT2D eigenvalue weighted by Crippen LogP contribution is -2.15. The number of aromatic nitrogens is 2. The van der Waals surface area contributed by atoms with Crippen molar-refractivity contribution in [1.82, 2.24) is 10.2 Å². The maximum absolute atomic E-state index is 5.74. The van der Waals surface area contributed by atoms with Crippen molar-refractivity contribution >= 4 is 5.69 Å². The molecule has 4 heteroatoms. The molecule has 0 spiro atoms. The van der Waals surface area contributed by atoms with Crippen LogP contribution in [0.5, 0.6) is 0 Å². The van der Waals surface area contributed by atoms with E-state index in [0.717, 1.165) is 37.4 Å². The predicted octanol–water partition coefficient (Wildman–Crippen LogP) is 0.886. The largest absolute Gasteiger partial charge is 0.396 e. The molecule has 0 atom stereocenters. The summed E-state index contributed by atoms with van der Waals surface area (Å²) in [5.74, 6) is 0.491. The molecule has 2 rings (SSSR count). The van der Waals surface area contributed by atoms with Crippen molar-refractivity contribution in [3.8, 4) is 0 Å². The minimum atomic E-state index is 0.491. The Morgan fingerprint density at radius 1 is 1.50 bits per heavy atom. The van der Waals surface area contributed by atoms with Gasteiger partial charge in [-0.2, -0.15) is 5.10 Å². The van der Waals surface area contributed by atoms with Crippen molar-refractivity contribution in [3.63, 3.8) is 0 Å². The fourth-order valence-corrected chi connectivity index (χ4v) is 1.61. The van der Waals surface area contributed by atoms with E-state index in [0.29, 0.717) is 5.92 Å². The zero-order valence-corrected chi connectivity index (χ0v) is 6.92. The number of nitrogens with one attached hydrogen (secondary N) is 1. The molecule has 0 aromatic carbocycles. The highest BCUT2D eigenvalue weighted by Gasteiger charge is 2.19. The van der Waals surface area contributed by atoms with Gasteiger partial charge in [0.25, 0.3) is 0 Å². The standard InChI is InChI=1S/C8H13N3O/c9-7-5-10-11-8(7)6-1-3-12-4-2-6/h5-6H,1-4,9H2,(H,10,11). The van der Waals surface area contributed by atoms with Gasteiger partial charge in [0.15, 0.2) is 0 Å². The second kappa shape index (κ2) is 3.15. The summed E-state index contributed by atoms with van der Waals surface area (Å²) in [5.41, 5.74) is 7.53. The van der Waals surface area contributed by atoms with Gasteiger partial charge in [-0.15, -0.1) is 0 Å². The summed E-state index contributed by atoms with van der Waals surface area (Å²) in [6.45, 7) is 1.66. The minimum absolute atomic E-state index is 0.491. The number of aromatic amines is 1. The highest BCUT2D eigenvalue weighted by molar-refractivity contribution is 5.42. The summed E-state index contributed by atoms with van der Waals surface area (Å²) in [4.78, 5) is 0. The van der Waals surface area contributed by atoms with Crippen molar-refractivity contribution in [2.24, 2.45) is 0 Å². The van der Waals surface area contributed by atoms with Crippen LogP contribution in [0.3, 0.4) is 0 Å². The van der Waals surface area contributed by atoms with Crippen LogP contribution in [0.1, 0.15) is 24.5 Å². The van der Waals surface area contributed by atoms with Crippen LogP contribution in [0.15, 0.2) is 6.20 Å². The van der Waals surface area contributed by atoms with Gasteiger partial charge < -0.3 is 10.5 Å². The van der Waals surface area contributed by atoms with Crippen LogP contribution in [0.4, 0.5) is 5.69 Å². The lowest BCUT2D eigenvalue weighted by atomic mass is 9.96. The summed E-state index contributed by atoms with van der Waals surface area (Å²) >= 11 is 0. The van der Waals surface area contributed by atoms with E-state index in [4.69, 9.17) is 10.5 Å². The quantitative estimate of drug-likeness (QED) is 0.652. The third-order valence-electron chi connectivity index (χ3n) is 2.31. The predicted molar refractivity (Wildman–Crippen MR) is 45.8 cm³/mol. The van der Waals surface area contributed by atoms with E-state index in [2.05, 4.69) is 10.2 Å². The van der Waals surface area contributed by atoms with Crippen LogP contribution < -0.4 is 5.73 Å². The number of hydrogen-bond donors (Lipinski definition) is 2. The molecule has 66 valence electrons. The molecule has 0 aliphatic carbocycles. The van der Waals surface area contributed by atoms with Crippen LogP contribution in [-0.4, -0.2) is 23.4 Å². The number of nitrogen functional groups attached to an aromatic ring is 1. The van der Waals surface area contributed by atoms with Gasteiger partial charge in [-0.25, -0.2) is 0 Å². The summed E-state index contributed by atoms with van der Waals surface area (Å²) in [6, 6.07) is 0. The minimum Gasteiger partial charge on any atom is -0.396 e. The molecular formula is C8H13N3O. The summed E-state index contributed by atoms with van der Waals surface area (Å²) in [6.07, 6.45) is 3.81. The first-order valence-corrected chi connectivity index (χ1v) is 4.25. The second-order valence-electron chi connectivity index (χ2n) is 3.11. The Kier molecular flexibility index (Phi) is 1.99. The van der Waals surface area contributed by atoms with E-state index in [-0.39, 0.29) is 0 Å². The molecule has 0 unspecified atom stereocenters. The van der Waals surface area contributed by atoms with Gasteiger partial charge in [0.1, 0.15) is 0 Å². The van der Waals surface area contributed by atoms with Crippen molar-refractivity contribution in [2.45, 2.75) is 18.8 Å². The Bertz CT molecular complexity index is 253. The van der Waals surface area contributed by atoms with E-state index in [1.165, 1.54) is 0 Å². The highest BCUT2D eigenvalue weighted by atomic mass is 16.5. The third kappa shape index (κ3) is 1.30. The first kappa shape index (κ1) is 7.61. The Balaban J connectivity index is 2.13. The van der Waals surface area contributed by atoms with Gasteiger partial charge in [-0.3, -0.25) is 5.10 Å². The maximum atomic E-state index is 5.74. The van der Waals surface area contributed by atoms with Crippen molar-refractivity contribution in [2.75, 3.05) is 18.9 Å². The molecule has 1 aliphatic heterocycles. The molecule has 0 bridgehead atoms. The molecule has 3 N–H and O–H groups in total. The Morgan fingerprint density at radius 3 is 2.83 bits per heavy atom. The second-order valence-corrected chi connectivity index (χ2v) is 3.11. The Morgan fingerprint density at radius 2 is 2.25 bits per heavy atom. The molecule has 0 saturated carbocycles. The fraction of sp³-hybridized carbons (Fsp3) is 0.625. The number of anilines is 1. The summed E-state index contributed by atoms with van der Waals surface area (Å²) < 4.78 is 5.26. The van der Waals surface area contributed by atoms with E-state index in [1.807, 2.05) is 0 Å². The van der Waals surface area contributed by atoms with E-state index < -0.39 is 0 Å². The third-order valence-corrected chi connectivity index (χ3v) is 2.31. The van der Waals surface area contributed by atoms with E-state index in [1.54, 1.807) is 6.20 Å². The topological polar surface area (TPSA) is 63.9 Å². The highest BCUT2D eigenvalue weighted by Crippen LogP contribution is 2.28. The number of nitrogens with two attached hydrogens (primary N) is 1. The molecule has 0 amide bonds. The number of H-pyrrole nitrogens is 1. The molecular weight excluding hydrogens is 154 g/mol. The number of hydrogen-bond acceptors (Lipinski definition) is 3. The molecule has 12 heavy (non-hydrogen) atoms. The van der Waals surface area contributed by atoms with Crippen LogP contribution >= 0.6 is 0 Å². The van der Waals surface area contributed by atoms with E-state index >= 15 is 0 Å². The summed E-state index contributed by atoms with van der Waals surface area (Å²) in [7, 11) is 0. The SMILES string of the molecule is Nc1c[nH]nc1C1CCOCC1. The number of ether oxygens (including phenoxy) is 1. The monoisotopic (exact) mass is 167 g/mol. The first-order chi connectivity index (χ1) is 5.88. The van der Waals surface area contributed by atoms with Gasteiger partial charge >= 0.3 is 0 Å². The van der Waals surface area contributed by atoms with Crippen LogP contribution in [0.2, 0.25) is 0 Å². The Hall–Kier alpha value is -1.03. The molecule has 4 nitrogen and oxygen atoms in total. The molecule has 1 aromatic rings. The van der Waals surface area contributed by atoms with Gasteiger partial charge in [0.2, 0.25) is 0 Å². The molecule has 0 radical (unpaired) electrons. The molecule has 1 saturated heterocycles. The van der Waals surface area contributed by atoms with Crippen molar-refractivity contribution in [3.05, 3.63) is 11.9 Å². The maximum Gasteiger partial charge on any atom is 0.0883 e. The average molecular weight is 167 g/mol. The van der Waals surface area contributed by atoms with Crippen LogP contribution in [-0.2, 0) is 4.74 Å². The molecule has 1 aromatic heterocycles. The number of rotatable bonds is 1. The molecule has 1 aliphatic rings. The average Bonchev–Trinajstić information content (AvgIpc) is 2.53. The van der Waals surface area contributed by atoms with Gasteiger partial charge in [0, 0.05) is 25.3 Å². The zero-order chi connectivity index (χ0) is 8.39. The fourth-order valence-electron chi connectivity index (χ4n) is 1.61. The smallest absolute Gasteiger partial charge is 0.0883 e. The molecule has 1 fully saturated rings. The normalized spacial score (nSPS) is 19.7. The van der Waals surface area contributed by atoms with Crippen molar-refractivity contribution < 1.29 is 4.74 Å². The van der Waals surface area contributed by atoms with Crippen molar-refractivity contribution in [1.29, 1.82) is 0 Å². The first-order valence-electron chi connectivity index (χ1n) is 4.25. The lowest BCUT2D eigenvalue weighted by molar-refractivity contribution is 0.0846. The van der Waals surface area contributed by atoms with E-state index in [9.17, 15) is 0 Å². The zero-order valence-electron chi connectivity index (χ0n) is 6.92. The van der Waals surface area contributed by atoms with Crippen LogP contribution in [0.25, 0.3) is 0 Å². The van der Waals surface area contributed by atoms with Gasteiger partial charge in [-0.05, 0) is 12.8 Å². The Labute approximate surface area is 71.1 Å². The van der Waals surface area contributed by atoms with Crippen LogP contribution in [0, 0.1) is 0 Å². The van der Waals surface area contributed by atoms with Gasteiger partial charge in [0.05, 0.1) is 11.4 Å². The molecule has 2 heterocycles. The lowest BCUT2D eigenvalue weighted by Gasteiger charge is -2.20. The van der Waals surface area contributed by atoms with Gasteiger partial charge in [-0.1, -0.05) is 0 Å². The summed E-state index contributed by atoms with van der Waals surface area (Å²) in [5, 5.41) is 6.91. The number of nitrogens with zero attached hydrogens (tertiary/aromatic N) is 1.